The molecule has 0 aromatic heterocycles. The van der Waals surface area contributed by atoms with Crippen molar-refractivity contribution in [2.45, 2.75) is 71.2 Å². The summed E-state index contributed by atoms with van der Waals surface area (Å²) in [7, 11) is 0. The van der Waals surface area contributed by atoms with Gasteiger partial charge in [0.15, 0.2) is 0 Å². The largest absolute Gasteiger partial charge is 0.428 e. The number of carbonyl (C=O) groups is 2. The van der Waals surface area contributed by atoms with Gasteiger partial charge in [-0.25, -0.2) is 0 Å². The maximum absolute atomic E-state index is 12.8. The van der Waals surface area contributed by atoms with Crippen LogP contribution in [0.2, 0.25) is 15.4 Å². The van der Waals surface area contributed by atoms with E-state index in [1.165, 1.54) is 6.07 Å². The predicted molar refractivity (Wildman–Crippen MR) is 127 cm³/mol. The molecule has 0 bridgehead atoms. The highest BCUT2D eigenvalue weighted by Gasteiger charge is 2.66. The highest BCUT2D eigenvalue weighted by atomic mass is 35.5. The molecule has 2 aliphatic rings. The lowest BCUT2D eigenvalue weighted by molar-refractivity contribution is -0.121. The number of benzene rings is 1. The molecule has 1 heterocycles. The normalized spacial score (nSPS) is 27.5. The lowest BCUT2D eigenvalue weighted by atomic mass is 9.31. The molecule has 1 aromatic carbocycles. The fourth-order valence-corrected chi connectivity index (χ4v) is 5.25. The lowest BCUT2D eigenvalue weighted by Gasteiger charge is -2.60. The summed E-state index contributed by atoms with van der Waals surface area (Å²) in [5, 5.41) is 6.48. The highest BCUT2D eigenvalue weighted by Crippen LogP contribution is 2.59. The predicted octanol–water partition coefficient (Wildman–Crippen LogP) is 5.01. The van der Waals surface area contributed by atoms with Crippen LogP contribution in [0, 0.1) is 17.8 Å². The zero-order chi connectivity index (χ0) is 23.1. The van der Waals surface area contributed by atoms with Crippen molar-refractivity contribution in [3.05, 3.63) is 33.8 Å². The number of nitrogens with one attached hydrogen (secondary N) is 2. The van der Waals surface area contributed by atoms with Crippen molar-refractivity contribution in [1.29, 1.82) is 0 Å². The quantitative estimate of drug-likeness (QED) is 0.529. The zero-order valence-electron chi connectivity index (χ0n) is 19.2. The first kappa shape index (κ1) is 24.4. The molecule has 2 N–H and O–H groups in total. The maximum atomic E-state index is 12.8. The number of hydrogen-bond donors (Lipinski definition) is 2. The number of halogens is 2. The molecule has 5 nitrogen and oxygen atoms in total. The third kappa shape index (κ3) is 4.76. The van der Waals surface area contributed by atoms with Gasteiger partial charge in [-0.1, -0.05) is 57.8 Å². The van der Waals surface area contributed by atoms with E-state index in [4.69, 9.17) is 27.9 Å². The monoisotopic (exact) mass is 466 g/mol. The Morgan fingerprint density at radius 1 is 1.23 bits per heavy atom. The summed E-state index contributed by atoms with van der Waals surface area (Å²) in [5.41, 5.74) is 0.0585. The van der Waals surface area contributed by atoms with E-state index in [1.807, 2.05) is 0 Å². The molecule has 8 heteroatoms. The van der Waals surface area contributed by atoms with Crippen molar-refractivity contribution in [2.24, 2.45) is 17.8 Å². The van der Waals surface area contributed by atoms with Crippen LogP contribution in [-0.2, 0) is 9.45 Å². The van der Waals surface area contributed by atoms with Crippen molar-refractivity contribution in [3.8, 4) is 0 Å². The van der Waals surface area contributed by atoms with E-state index < -0.39 is 5.91 Å². The summed E-state index contributed by atoms with van der Waals surface area (Å²) < 4.78 is 6.37. The molecule has 31 heavy (non-hydrogen) atoms. The molecule has 0 radical (unpaired) electrons. The van der Waals surface area contributed by atoms with Gasteiger partial charge in [-0.2, -0.15) is 0 Å². The van der Waals surface area contributed by atoms with Gasteiger partial charge in [-0.05, 0) is 61.0 Å². The van der Waals surface area contributed by atoms with E-state index in [0.29, 0.717) is 27.8 Å². The highest BCUT2D eigenvalue weighted by molar-refractivity contribution is 6.61. The first-order valence-electron chi connectivity index (χ1n) is 11.1. The van der Waals surface area contributed by atoms with Gasteiger partial charge >= 0.3 is 6.92 Å². The lowest BCUT2D eigenvalue weighted by Crippen LogP contribution is -2.71. The maximum Gasteiger partial charge on any atom is 0.325 e. The summed E-state index contributed by atoms with van der Waals surface area (Å²) in [4.78, 5) is 25.3. The van der Waals surface area contributed by atoms with Gasteiger partial charge in [0.05, 0.1) is 17.1 Å². The van der Waals surface area contributed by atoms with E-state index in [2.05, 4.69) is 52.2 Å². The Morgan fingerprint density at radius 2 is 1.90 bits per heavy atom. The van der Waals surface area contributed by atoms with Crippen molar-refractivity contribution >= 4 is 41.9 Å². The third-order valence-corrected chi connectivity index (χ3v) is 8.15. The average molecular weight is 467 g/mol. The standard InChI is InChI=1S/C23H33BCl2N2O3/c1-7-23(6)22(4,5)24(31-23)20(16-11-15(16)13(2)3)28-19(29)12-27-21(30)17-10-14(25)8-9-18(17)26/h8-10,13,15-16,20H,7,11-12H2,1-6H3,(H,27,30)(H,28,29)/t15?,16-,20?,23-/m0/s1. The Bertz CT molecular complexity index is 863. The Hall–Kier alpha value is -1.24. The fraction of sp³-hybridized carbons (Fsp3) is 0.652. The van der Waals surface area contributed by atoms with Gasteiger partial charge in [-0.15, -0.1) is 0 Å². The second kappa shape index (κ2) is 8.95. The van der Waals surface area contributed by atoms with Crippen LogP contribution in [0.3, 0.4) is 0 Å². The van der Waals surface area contributed by atoms with Crippen LogP contribution < -0.4 is 10.6 Å². The summed E-state index contributed by atoms with van der Waals surface area (Å²) in [6, 6.07) is 4.67. The van der Waals surface area contributed by atoms with E-state index in [0.717, 1.165) is 12.8 Å². The average Bonchev–Trinajstić information content (AvgIpc) is 3.51. The third-order valence-electron chi connectivity index (χ3n) is 7.58. The molecule has 2 unspecified atom stereocenters. The van der Waals surface area contributed by atoms with Crippen molar-refractivity contribution in [2.75, 3.05) is 6.54 Å². The van der Waals surface area contributed by atoms with E-state index in [-0.39, 0.29) is 41.8 Å². The van der Waals surface area contributed by atoms with Crippen molar-refractivity contribution < 1.29 is 14.2 Å². The van der Waals surface area contributed by atoms with E-state index in [9.17, 15) is 9.59 Å². The van der Waals surface area contributed by atoms with Gasteiger partial charge in [0.1, 0.15) is 0 Å². The minimum absolute atomic E-state index is 0.0479. The van der Waals surface area contributed by atoms with Crippen LogP contribution >= 0.6 is 23.2 Å². The summed E-state index contributed by atoms with van der Waals surface area (Å²) >= 11 is 12.0. The molecule has 1 saturated heterocycles. The van der Waals surface area contributed by atoms with Crippen molar-refractivity contribution in [3.63, 3.8) is 0 Å². The molecule has 170 valence electrons. The minimum atomic E-state index is -0.426. The van der Waals surface area contributed by atoms with Gasteiger partial charge in [0.2, 0.25) is 5.91 Å². The van der Waals surface area contributed by atoms with E-state index >= 15 is 0 Å². The second-order valence-electron chi connectivity index (χ2n) is 10.1. The zero-order valence-corrected chi connectivity index (χ0v) is 20.7. The fourth-order valence-electron chi connectivity index (χ4n) is 4.87. The topological polar surface area (TPSA) is 67.4 Å². The molecule has 4 atom stereocenters. The first-order chi connectivity index (χ1) is 14.4. The van der Waals surface area contributed by atoms with Crippen molar-refractivity contribution in [1.82, 2.24) is 10.6 Å². The Morgan fingerprint density at radius 3 is 2.45 bits per heavy atom. The number of carbonyl (C=O) groups excluding carboxylic acids is 2. The number of rotatable bonds is 8. The Kier molecular flexibility index (Phi) is 7.05. The van der Waals surface area contributed by atoms with Gasteiger partial charge in [0, 0.05) is 16.6 Å². The summed E-state index contributed by atoms with van der Waals surface area (Å²) in [6.45, 7) is 13.0. The molecular weight excluding hydrogens is 434 g/mol. The summed E-state index contributed by atoms with van der Waals surface area (Å²) in [5.74, 6) is 0.821. The number of hydrogen-bond acceptors (Lipinski definition) is 3. The van der Waals surface area contributed by atoms with Gasteiger partial charge < -0.3 is 15.3 Å². The molecule has 1 aromatic rings. The van der Waals surface area contributed by atoms with Crippen LogP contribution in [0.15, 0.2) is 18.2 Å². The molecule has 3 rings (SSSR count). The Labute approximate surface area is 196 Å². The molecule has 2 fully saturated rings. The van der Waals surface area contributed by atoms with Gasteiger partial charge in [0.25, 0.3) is 5.91 Å². The smallest absolute Gasteiger partial charge is 0.325 e. The molecule has 1 aliphatic carbocycles. The van der Waals surface area contributed by atoms with Crippen LogP contribution in [0.1, 0.15) is 64.7 Å². The first-order valence-corrected chi connectivity index (χ1v) is 11.9. The molecule has 1 aliphatic heterocycles. The molecular formula is C23H33BCl2N2O3. The SMILES string of the molecule is CC[C@]1(C)OB(C(NC(=O)CNC(=O)c2cc(Cl)ccc2Cl)[C@H]2CC2C(C)C)C1(C)C. The minimum Gasteiger partial charge on any atom is -0.428 e. The van der Waals surface area contributed by atoms with E-state index in [1.54, 1.807) is 12.1 Å². The summed E-state index contributed by atoms with van der Waals surface area (Å²) in [6.07, 6.45) is 2.01. The molecule has 1 saturated carbocycles. The van der Waals surface area contributed by atoms with Crippen LogP contribution in [0.5, 0.6) is 0 Å². The van der Waals surface area contributed by atoms with Crippen LogP contribution in [0.25, 0.3) is 0 Å². The number of amides is 2. The molecule has 0 spiro atoms. The van der Waals surface area contributed by atoms with Crippen LogP contribution in [0.4, 0.5) is 0 Å². The molecule has 2 amide bonds. The Balaban J connectivity index is 1.66. The van der Waals surface area contributed by atoms with Gasteiger partial charge in [-0.3, -0.25) is 9.59 Å². The van der Waals surface area contributed by atoms with Crippen LogP contribution in [-0.4, -0.2) is 36.8 Å². The second-order valence-corrected chi connectivity index (χ2v) is 10.9.